The monoisotopic (exact) mass is 426 g/mol. The topological polar surface area (TPSA) is 128 Å². The Labute approximate surface area is 165 Å². The first kappa shape index (κ1) is 21.4. The van der Waals surface area contributed by atoms with Gasteiger partial charge in [0.15, 0.2) is 4.21 Å². The van der Waals surface area contributed by atoms with Crippen LogP contribution in [0.25, 0.3) is 0 Å². The Morgan fingerprint density at radius 2 is 1.64 bits per heavy atom. The number of ether oxygens (including phenoxy) is 2. The third kappa shape index (κ3) is 4.49. The summed E-state index contributed by atoms with van der Waals surface area (Å²) in [6, 6.07) is 6.02. The molecule has 0 saturated carbocycles. The van der Waals surface area contributed by atoms with E-state index in [1.54, 1.807) is 12.1 Å². The van der Waals surface area contributed by atoms with Gasteiger partial charge in [-0.05, 0) is 30.7 Å². The molecule has 28 heavy (non-hydrogen) atoms. The van der Waals surface area contributed by atoms with E-state index in [2.05, 4.69) is 19.5 Å². The van der Waals surface area contributed by atoms with Gasteiger partial charge in [0.1, 0.15) is 4.88 Å². The zero-order chi connectivity index (χ0) is 21.1. The van der Waals surface area contributed by atoms with Crippen molar-refractivity contribution in [2.24, 2.45) is 0 Å². The third-order valence-corrected chi connectivity index (χ3v) is 6.73. The Kier molecular flexibility index (Phi) is 6.41. The van der Waals surface area contributed by atoms with Crippen LogP contribution >= 0.6 is 11.3 Å². The fourth-order valence-electron chi connectivity index (χ4n) is 2.37. The summed E-state index contributed by atoms with van der Waals surface area (Å²) in [4.78, 5) is 35.2. The average molecular weight is 426 g/mol. The minimum atomic E-state index is -4.24. The van der Waals surface area contributed by atoms with Crippen LogP contribution in [0.4, 0.5) is 11.4 Å². The van der Waals surface area contributed by atoms with Crippen LogP contribution in [0.3, 0.4) is 0 Å². The molecule has 0 bridgehead atoms. The Morgan fingerprint density at radius 3 is 2.21 bits per heavy atom. The molecule has 9 nitrogen and oxygen atoms in total. The van der Waals surface area contributed by atoms with E-state index < -0.39 is 22.0 Å². The fourth-order valence-corrected chi connectivity index (χ4v) is 5.16. The van der Waals surface area contributed by atoms with Gasteiger partial charge in [0.2, 0.25) is 5.91 Å². The molecule has 1 heterocycles. The van der Waals surface area contributed by atoms with E-state index in [9.17, 15) is 22.8 Å². The van der Waals surface area contributed by atoms with Gasteiger partial charge >= 0.3 is 11.9 Å². The molecule has 0 aliphatic carbocycles. The van der Waals surface area contributed by atoms with Crippen molar-refractivity contribution in [3.63, 3.8) is 0 Å². The van der Waals surface area contributed by atoms with E-state index in [0.29, 0.717) is 17.0 Å². The molecule has 1 amide bonds. The summed E-state index contributed by atoms with van der Waals surface area (Å²) in [6.07, 6.45) is 0. The van der Waals surface area contributed by atoms with Gasteiger partial charge in [0.05, 0.1) is 25.5 Å². The van der Waals surface area contributed by atoms with E-state index in [1.807, 2.05) is 0 Å². The SMILES string of the molecule is COC(=O)c1sc(S(=O)(=O)Nc2cccc(NC(C)=O)c2)c(C(=O)OC)c1C. The summed E-state index contributed by atoms with van der Waals surface area (Å²) < 4.78 is 37.1. The first-order valence-electron chi connectivity index (χ1n) is 7.81. The Hall–Kier alpha value is -2.92. The van der Waals surface area contributed by atoms with Gasteiger partial charge in [-0.1, -0.05) is 6.07 Å². The maximum atomic E-state index is 12.9. The van der Waals surface area contributed by atoms with Crippen LogP contribution in [0.5, 0.6) is 0 Å². The molecule has 0 spiro atoms. The number of hydrogen-bond donors (Lipinski definition) is 2. The summed E-state index contributed by atoms with van der Waals surface area (Å²) in [6.45, 7) is 2.76. The lowest BCUT2D eigenvalue weighted by atomic mass is 10.2. The van der Waals surface area contributed by atoms with Crippen molar-refractivity contribution in [3.8, 4) is 0 Å². The van der Waals surface area contributed by atoms with Gasteiger partial charge in [-0.3, -0.25) is 9.52 Å². The van der Waals surface area contributed by atoms with Gasteiger partial charge in [0.25, 0.3) is 10.0 Å². The minimum Gasteiger partial charge on any atom is -0.465 e. The molecule has 150 valence electrons. The Bertz CT molecular complexity index is 1040. The smallest absolute Gasteiger partial charge is 0.348 e. The highest BCUT2D eigenvalue weighted by Gasteiger charge is 2.32. The molecule has 0 fully saturated rings. The molecule has 1 aromatic heterocycles. The number of hydrogen-bond acceptors (Lipinski definition) is 8. The van der Waals surface area contributed by atoms with Crippen molar-refractivity contribution in [2.75, 3.05) is 24.3 Å². The molecule has 0 unspecified atom stereocenters. The van der Waals surface area contributed by atoms with Gasteiger partial charge in [-0.2, -0.15) is 0 Å². The van der Waals surface area contributed by atoms with Crippen molar-refractivity contribution < 1.29 is 32.3 Å². The molecular weight excluding hydrogens is 408 g/mol. The quantitative estimate of drug-likeness (QED) is 0.679. The van der Waals surface area contributed by atoms with Crippen LogP contribution in [-0.2, 0) is 24.3 Å². The lowest BCUT2D eigenvalue weighted by molar-refractivity contribution is -0.114. The number of sulfonamides is 1. The van der Waals surface area contributed by atoms with Crippen molar-refractivity contribution in [1.82, 2.24) is 0 Å². The fraction of sp³-hybridized carbons (Fsp3) is 0.235. The number of thiophene rings is 1. The normalized spacial score (nSPS) is 10.9. The number of carbonyl (C=O) groups excluding carboxylic acids is 3. The summed E-state index contributed by atoms with van der Waals surface area (Å²) in [5.41, 5.74) is 0.459. The highest BCUT2D eigenvalue weighted by Crippen LogP contribution is 2.34. The van der Waals surface area contributed by atoms with E-state index in [4.69, 9.17) is 0 Å². The largest absolute Gasteiger partial charge is 0.465 e. The zero-order valence-corrected chi connectivity index (χ0v) is 17.1. The first-order chi connectivity index (χ1) is 13.1. The van der Waals surface area contributed by atoms with E-state index in [1.165, 1.54) is 26.0 Å². The van der Waals surface area contributed by atoms with Gasteiger partial charge in [-0.25, -0.2) is 18.0 Å². The molecule has 1 aromatic carbocycles. The van der Waals surface area contributed by atoms with Crippen LogP contribution in [0.2, 0.25) is 0 Å². The zero-order valence-electron chi connectivity index (χ0n) is 15.5. The highest BCUT2D eigenvalue weighted by atomic mass is 32.2. The molecule has 0 aliphatic heterocycles. The second-order valence-corrected chi connectivity index (χ2v) is 8.47. The van der Waals surface area contributed by atoms with E-state index in [-0.39, 0.29) is 31.8 Å². The Balaban J connectivity index is 2.52. The number of anilines is 2. The highest BCUT2D eigenvalue weighted by molar-refractivity contribution is 7.94. The lowest BCUT2D eigenvalue weighted by Crippen LogP contribution is -2.16. The number of carbonyl (C=O) groups is 3. The van der Waals surface area contributed by atoms with Gasteiger partial charge in [-0.15, -0.1) is 11.3 Å². The van der Waals surface area contributed by atoms with Gasteiger partial charge in [0, 0.05) is 12.6 Å². The molecule has 11 heteroatoms. The average Bonchev–Trinajstić information content (AvgIpc) is 2.98. The Morgan fingerprint density at radius 1 is 1.04 bits per heavy atom. The molecule has 0 aliphatic rings. The number of esters is 2. The maximum Gasteiger partial charge on any atom is 0.348 e. The minimum absolute atomic E-state index is 0.0183. The molecular formula is C17H18N2O7S2. The second kappa shape index (κ2) is 8.40. The van der Waals surface area contributed by atoms with Crippen molar-refractivity contribution in [3.05, 3.63) is 40.3 Å². The van der Waals surface area contributed by atoms with E-state index >= 15 is 0 Å². The standard InChI is InChI=1S/C17H18N2O7S2/c1-9-13(15(21)25-3)17(27-14(9)16(22)26-4)28(23,24)19-12-7-5-6-11(8-12)18-10(2)20/h5-8,19H,1-4H3,(H,18,20). The second-order valence-electron chi connectivity index (χ2n) is 5.57. The molecule has 0 saturated heterocycles. The van der Waals surface area contributed by atoms with Crippen LogP contribution < -0.4 is 10.0 Å². The van der Waals surface area contributed by atoms with Crippen LogP contribution in [0.1, 0.15) is 32.5 Å². The predicted molar refractivity (Wildman–Crippen MR) is 103 cm³/mol. The summed E-state index contributed by atoms with van der Waals surface area (Å²) in [5.74, 6) is -1.97. The summed E-state index contributed by atoms with van der Waals surface area (Å²) in [7, 11) is -1.98. The summed E-state index contributed by atoms with van der Waals surface area (Å²) in [5, 5.41) is 2.54. The molecule has 0 radical (unpaired) electrons. The van der Waals surface area contributed by atoms with Gasteiger partial charge < -0.3 is 14.8 Å². The number of benzene rings is 1. The number of rotatable bonds is 6. The molecule has 2 N–H and O–H groups in total. The van der Waals surface area contributed by atoms with E-state index in [0.717, 1.165) is 14.2 Å². The predicted octanol–water partition coefficient (Wildman–Crippen LogP) is 2.39. The molecule has 2 rings (SSSR count). The number of amides is 1. The van der Waals surface area contributed by atoms with Crippen LogP contribution in [-0.4, -0.2) is 40.5 Å². The molecule has 2 aromatic rings. The maximum absolute atomic E-state index is 12.9. The lowest BCUT2D eigenvalue weighted by Gasteiger charge is -2.10. The first-order valence-corrected chi connectivity index (χ1v) is 10.1. The van der Waals surface area contributed by atoms with Crippen LogP contribution in [0, 0.1) is 6.92 Å². The number of methoxy groups -OCH3 is 2. The summed E-state index contributed by atoms with van der Waals surface area (Å²) >= 11 is 0.608. The van der Waals surface area contributed by atoms with Crippen LogP contribution in [0.15, 0.2) is 28.5 Å². The number of nitrogens with one attached hydrogen (secondary N) is 2. The van der Waals surface area contributed by atoms with Crippen molar-refractivity contribution in [1.29, 1.82) is 0 Å². The third-order valence-electron chi connectivity index (χ3n) is 3.55. The van der Waals surface area contributed by atoms with Crippen molar-refractivity contribution in [2.45, 2.75) is 18.1 Å². The van der Waals surface area contributed by atoms with Crippen molar-refractivity contribution >= 4 is 50.6 Å². The molecule has 0 atom stereocenters.